The Morgan fingerprint density at radius 3 is 2.64 bits per heavy atom. The topological polar surface area (TPSA) is 34.9 Å². The molecule has 0 aromatic carbocycles. The summed E-state index contributed by atoms with van der Waals surface area (Å²) in [6, 6.07) is 0. The SMILES string of the molecule is Cc1nn(C)cc1C(=O)CCC(C)C. The Balaban J connectivity index is 2.65. The Bertz CT molecular complexity index is 326. The minimum Gasteiger partial charge on any atom is -0.294 e. The molecule has 3 heteroatoms. The van der Waals surface area contributed by atoms with Gasteiger partial charge in [0.1, 0.15) is 0 Å². The lowest BCUT2D eigenvalue weighted by atomic mass is 10.0. The lowest BCUT2D eigenvalue weighted by molar-refractivity contribution is 0.0975. The zero-order valence-electron chi connectivity index (χ0n) is 9.37. The van der Waals surface area contributed by atoms with E-state index < -0.39 is 0 Å². The van der Waals surface area contributed by atoms with Crippen molar-refractivity contribution >= 4 is 5.78 Å². The fraction of sp³-hybridized carbons (Fsp3) is 0.636. The molecule has 0 amide bonds. The first-order chi connectivity index (χ1) is 6.50. The predicted octanol–water partition coefficient (Wildman–Crippen LogP) is 2.35. The van der Waals surface area contributed by atoms with Crippen LogP contribution < -0.4 is 0 Å². The summed E-state index contributed by atoms with van der Waals surface area (Å²) in [5, 5.41) is 4.16. The van der Waals surface area contributed by atoms with Gasteiger partial charge in [-0.2, -0.15) is 5.10 Å². The third-order valence-corrected chi connectivity index (χ3v) is 2.26. The third-order valence-electron chi connectivity index (χ3n) is 2.26. The zero-order valence-corrected chi connectivity index (χ0v) is 9.37. The number of Topliss-reactive ketones (excluding diaryl/α,β-unsaturated/α-hetero) is 1. The van der Waals surface area contributed by atoms with Gasteiger partial charge in [0.2, 0.25) is 0 Å². The number of ketones is 1. The fourth-order valence-corrected chi connectivity index (χ4v) is 1.43. The molecule has 0 aliphatic heterocycles. The largest absolute Gasteiger partial charge is 0.294 e. The molecule has 0 aliphatic rings. The number of hydrogen-bond donors (Lipinski definition) is 0. The van der Waals surface area contributed by atoms with Crippen molar-refractivity contribution in [2.24, 2.45) is 13.0 Å². The highest BCUT2D eigenvalue weighted by molar-refractivity contribution is 5.96. The molecule has 0 atom stereocenters. The molecule has 0 fully saturated rings. The van der Waals surface area contributed by atoms with E-state index in [0.717, 1.165) is 17.7 Å². The van der Waals surface area contributed by atoms with Crippen molar-refractivity contribution in [2.45, 2.75) is 33.6 Å². The summed E-state index contributed by atoms with van der Waals surface area (Å²) in [5.74, 6) is 0.792. The third kappa shape index (κ3) is 2.69. The fourth-order valence-electron chi connectivity index (χ4n) is 1.43. The van der Waals surface area contributed by atoms with Gasteiger partial charge in [0, 0.05) is 19.7 Å². The molecular weight excluding hydrogens is 176 g/mol. The number of carbonyl (C=O) groups excluding carboxylic acids is 1. The summed E-state index contributed by atoms with van der Waals surface area (Å²) in [6.07, 6.45) is 3.38. The minimum atomic E-state index is 0.212. The van der Waals surface area contributed by atoms with Crippen LogP contribution in [0.4, 0.5) is 0 Å². The molecular formula is C11H18N2O. The van der Waals surface area contributed by atoms with Gasteiger partial charge >= 0.3 is 0 Å². The van der Waals surface area contributed by atoms with Gasteiger partial charge in [-0.1, -0.05) is 13.8 Å². The van der Waals surface area contributed by atoms with Crippen LogP contribution in [-0.2, 0) is 7.05 Å². The molecule has 0 saturated heterocycles. The van der Waals surface area contributed by atoms with Crippen molar-refractivity contribution in [3.63, 3.8) is 0 Å². The second-order valence-electron chi connectivity index (χ2n) is 4.16. The van der Waals surface area contributed by atoms with Gasteiger partial charge in [0.15, 0.2) is 5.78 Å². The van der Waals surface area contributed by atoms with Gasteiger partial charge in [-0.05, 0) is 19.3 Å². The molecule has 0 unspecified atom stereocenters. The molecule has 1 rings (SSSR count). The standard InChI is InChI=1S/C11H18N2O/c1-8(2)5-6-11(14)10-7-13(4)12-9(10)3/h7-8H,5-6H2,1-4H3. The predicted molar refractivity (Wildman–Crippen MR) is 56.3 cm³/mol. The van der Waals surface area contributed by atoms with Crippen LogP contribution in [0.25, 0.3) is 0 Å². The summed E-state index contributed by atoms with van der Waals surface area (Å²) in [5.41, 5.74) is 1.61. The van der Waals surface area contributed by atoms with E-state index in [9.17, 15) is 4.79 Å². The van der Waals surface area contributed by atoms with Crippen LogP contribution in [0.15, 0.2) is 6.20 Å². The Hall–Kier alpha value is -1.12. The highest BCUT2D eigenvalue weighted by atomic mass is 16.1. The number of aryl methyl sites for hydroxylation is 2. The molecule has 14 heavy (non-hydrogen) atoms. The van der Waals surface area contributed by atoms with Crippen LogP contribution in [0.2, 0.25) is 0 Å². The molecule has 3 nitrogen and oxygen atoms in total. The number of nitrogens with zero attached hydrogens (tertiary/aromatic N) is 2. The van der Waals surface area contributed by atoms with Crippen molar-refractivity contribution in [3.8, 4) is 0 Å². The van der Waals surface area contributed by atoms with Crippen LogP contribution in [0.5, 0.6) is 0 Å². The Morgan fingerprint density at radius 2 is 2.21 bits per heavy atom. The van der Waals surface area contributed by atoms with Gasteiger partial charge in [-0.25, -0.2) is 0 Å². The maximum Gasteiger partial charge on any atom is 0.166 e. The average Bonchev–Trinajstić information content (AvgIpc) is 2.41. The Labute approximate surface area is 85.1 Å². The first-order valence-electron chi connectivity index (χ1n) is 5.04. The van der Waals surface area contributed by atoms with E-state index in [2.05, 4.69) is 18.9 Å². The second-order valence-corrected chi connectivity index (χ2v) is 4.16. The van der Waals surface area contributed by atoms with E-state index in [1.807, 2.05) is 14.0 Å². The molecule has 0 N–H and O–H groups in total. The molecule has 0 bridgehead atoms. The molecule has 0 radical (unpaired) electrons. The lowest BCUT2D eigenvalue weighted by Crippen LogP contribution is -2.01. The minimum absolute atomic E-state index is 0.212. The van der Waals surface area contributed by atoms with Crippen molar-refractivity contribution in [1.29, 1.82) is 0 Å². The Kier molecular flexibility index (Phi) is 3.44. The molecule has 78 valence electrons. The van der Waals surface area contributed by atoms with Crippen LogP contribution in [0.3, 0.4) is 0 Å². The molecule has 1 aromatic rings. The van der Waals surface area contributed by atoms with Crippen LogP contribution >= 0.6 is 0 Å². The summed E-state index contributed by atoms with van der Waals surface area (Å²) in [7, 11) is 1.84. The lowest BCUT2D eigenvalue weighted by Gasteiger charge is -2.02. The molecule has 0 aliphatic carbocycles. The maximum absolute atomic E-state index is 11.7. The van der Waals surface area contributed by atoms with Crippen LogP contribution in [-0.4, -0.2) is 15.6 Å². The zero-order chi connectivity index (χ0) is 10.7. The number of carbonyl (C=O) groups is 1. The van der Waals surface area contributed by atoms with Gasteiger partial charge in [0.25, 0.3) is 0 Å². The van der Waals surface area contributed by atoms with E-state index in [4.69, 9.17) is 0 Å². The van der Waals surface area contributed by atoms with E-state index in [0.29, 0.717) is 12.3 Å². The van der Waals surface area contributed by atoms with Crippen LogP contribution in [0, 0.1) is 12.8 Å². The van der Waals surface area contributed by atoms with E-state index in [-0.39, 0.29) is 5.78 Å². The maximum atomic E-state index is 11.7. The second kappa shape index (κ2) is 4.40. The number of hydrogen-bond acceptors (Lipinski definition) is 2. The smallest absolute Gasteiger partial charge is 0.166 e. The molecule has 1 aromatic heterocycles. The molecule has 0 saturated carbocycles. The summed E-state index contributed by atoms with van der Waals surface area (Å²) >= 11 is 0. The van der Waals surface area contributed by atoms with E-state index in [1.165, 1.54) is 0 Å². The highest BCUT2D eigenvalue weighted by Crippen LogP contribution is 2.12. The molecule has 1 heterocycles. The van der Waals surface area contributed by atoms with Gasteiger partial charge in [0.05, 0.1) is 11.3 Å². The quantitative estimate of drug-likeness (QED) is 0.689. The first kappa shape index (κ1) is 11.0. The van der Waals surface area contributed by atoms with Crippen molar-refractivity contribution < 1.29 is 4.79 Å². The number of aromatic nitrogens is 2. The first-order valence-corrected chi connectivity index (χ1v) is 5.04. The summed E-state index contributed by atoms with van der Waals surface area (Å²) < 4.78 is 1.69. The van der Waals surface area contributed by atoms with Crippen molar-refractivity contribution in [1.82, 2.24) is 9.78 Å². The average molecular weight is 194 g/mol. The van der Waals surface area contributed by atoms with E-state index in [1.54, 1.807) is 10.9 Å². The van der Waals surface area contributed by atoms with Gasteiger partial charge in [-0.15, -0.1) is 0 Å². The van der Waals surface area contributed by atoms with Gasteiger partial charge < -0.3 is 0 Å². The van der Waals surface area contributed by atoms with Crippen molar-refractivity contribution in [2.75, 3.05) is 0 Å². The van der Waals surface area contributed by atoms with E-state index >= 15 is 0 Å². The highest BCUT2D eigenvalue weighted by Gasteiger charge is 2.12. The number of rotatable bonds is 4. The summed E-state index contributed by atoms with van der Waals surface area (Å²) in [4.78, 5) is 11.7. The van der Waals surface area contributed by atoms with Crippen molar-refractivity contribution in [3.05, 3.63) is 17.5 Å². The van der Waals surface area contributed by atoms with Crippen LogP contribution in [0.1, 0.15) is 42.7 Å². The monoisotopic (exact) mass is 194 g/mol. The van der Waals surface area contributed by atoms with Gasteiger partial charge in [-0.3, -0.25) is 9.48 Å². The Morgan fingerprint density at radius 1 is 1.57 bits per heavy atom. The normalized spacial score (nSPS) is 10.9. The summed E-state index contributed by atoms with van der Waals surface area (Å²) in [6.45, 7) is 6.13. The molecule has 0 spiro atoms.